The second kappa shape index (κ2) is 5.55. The summed E-state index contributed by atoms with van der Waals surface area (Å²) in [6.45, 7) is 3.40. The van der Waals surface area contributed by atoms with Gasteiger partial charge in [0.25, 0.3) is 0 Å². The molecule has 0 atom stereocenters. The monoisotopic (exact) mass is 308 g/mol. The number of hydrogen-bond acceptors (Lipinski definition) is 3. The minimum absolute atomic E-state index is 0.245. The van der Waals surface area contributed by atoms with Crippen molar-refractivity contribution in [1.82, 2.24) is 0 Å². The van der Waals surface area contributed by atoms with Gasteiger partial charge in [-0.25, -0.2) is 8.42 Å². The summed E-state index contributed by atoms with van der Waals surface area (Å²) in [6.07, 6.45) is 0.408. The van der Waals surface area contributed by atoms with Gasteiger partial charge in [0.2, 0.25) is 9.84 Å². The van der Waals surface area contributed by atoms with Crippen molar-refractivity contribution < 1.29 is 13.0 Å². The summed E-state index contributed by atoms with van der Waals surface area (Å²) in [5.41, 5.74) is 0.787. The molecule has 0 unspecified atom stereocenters. The first-order valence-electron chi connectivity index (χ1n) is 6.22. The van der Waals surface area contributed by atoms with E-state index < -0.39 is 17.0 Å². The lowest BCUT2D eigenvalue weighted by Crippen LogP contribution is -2.02. The molecule has 0 amide bonds. The first kappa shape index (κ1) is 15.0. The van der Waals surface area contributed by atoms with Gasteiger partial charge in [-0.05, 0) is 43.2 Å². The van der Waals surface area contributed by atoms with Crippen LogP contribution in [-0.4, -0.2) is 21.7 Å². The third kappa shape index (κ3) is 3.59. The molecule has 0 heterocycles. The molecule has 0 aliphatic heterocycles. The van der Waals surface area contributed by atoms with Gasteiger partial charge in [0.05, 0.1) is 16.9 Å². The fourth-order valence-electron chi connectivity index (χ4n) is 1.99. The highest BCUT2D eigenvalue weighted by Gasteiger charge is 2.18. The molecule has 5 heteroatoms. The average molecular weight is 308 g/mol. The molecule has 20 heavy (non-hydrogen) atoms. The maximum absolute atomic E-state index is 12.5. The van der Waals surface area contributed by atoms with Crippen LogP contribution in [-0.2, 0) is 20.6 Å². The van der Waals surface area contributed by atoms with Crippen molar-refractivity contribution >= 4 is 17.0 Å². The second-order valence-electron chi connectivity index (χ2n) is 5.20. The summed E-state index contributed by atoms with van der Waals surface area (Å²) in [5, 5.41) is 0. The summed E-state index contributed by atoms with van der Waals surface area (Å²) < 4.78 is 36.8. The maximum Gasteiger partial charge on any atom is 0.206 e. The zero-order valence-electron chi connectivity index (χ0n) is 11.5. The van der Waals surface area contributed by atoms with Crippen molar-refractivity contribution in [2.45, 2.75) is 16.0 Å². The molecule has 0 spiro atoms. The molecule has 3 nitrogen and oxygen atoms in total. The minimum Gasteiger partial charge on any atom is -0.324 e. The fraction of sp³-hybridized carbons (Fsp3) is 0.200. The molecule has 0 saturated carbocycles. The van der Waals surface area contributed by atoms with E-state index in [0.717, 1.165) is 5.56 Å². The second-order valence-corrected chi connectivity index (χ2v) is 10.6. The van der Waals surface area contributed by atoms with Crippen molar-refractivity contribution in [2.75, 3.05) is 13.3 Å². The molecular formula is C15H17O3PS. The highest BCUT2D eigenvalue weighted by Crippen LogP contribution is 2.40. The maximum atomic E-state index is 12.5. The van der Waals surface area contributed by atoms with Gasteiger partial charge >= 0.3 is 0 Å². The predicted molar refractivity (Wildman–Crippen MR) is 81.5 cm³/mol. The lowest BCUT2D eigenvalue weighted by molar-refractivity contribution is 0.581. The quantitative estimate of drug-likeness (QED) is 0.810. The van der Waals surface area contributed by atoms with E-state index in [2.05, 4.69) is 0 Å². The van der Waals surface area contributed by atoms with Gasteiger partial charge in [0.1, 0.15) is 0 Å². The van der Waals surface area contributed by atoms with Gasteiger partial charge in [-0.2, -0.15) is 0 Å². The van der Waals surface area contributed by atoms with Crippen molar-refractivity contribution in [1.29, 1.82) is 0 Å². The van der Waals surface area contributed by atoms with Gasteiger partial charge < -0.3 is 4.57 Å². The number of rotatable bonds is 4. The van der Waals surface area contributed by atoms with Gasteiger partial charge in [0.15, 0.2) is 0 Å². The summed E-state index contributed by atoms with van der Waals surface area (Å²) in [5.74, 6) is 0. The summed E-state index contributed by atoms with van der Waals surface area (Å²) in [7, 11) is -5.73. The molecular weight excluding hydrogens is 291 g/mol. The standard InChI is InChI=1S/C15H17O3PS/c1-19(2,16)12-13-7-6-10-15(11-13)20(17,18)14-8-4-3-5-9-14/h3-11H,12H2,1-2H3. The van der Waals surface area contributed by atoms with E-state index in [1.54, 1.807) is 61.9 Å². The molecule has 0 radical (unpaired) electrons. The molecule has 0 saturated heterocycles. The van der Waals surface area contributed by atoms with E-state index in [1.807, 2.05) is 6.07 Å². The van der Waals surface area contributed by atoms with Crippen LogP contribution in [0.1, 0.15) is 5.56 Å². The van der Waals surface area contributed by atoms with E-state index >= 15 is 0 Å². The number of sulfone groups is 1. The van der Waals surface area contributed by atoms with E-state index in [4.69, 9.17) is 0 Å². The lowest BCUT2D eigenvalue weighted by atomic mass is 10.2. The zero-order chi connectivity index (χ0) is 14.8. The van der Waals surface area contributed by atoms with Crippen LogP contribution in [0.3, 0.4) is 0 Å². The van der Waals surface area contributed by atoms with Crippen molar-refractivity contribution in [3.8, 4) is 0 Å². The Hall–Kier alpha value is -1.38. The van der Waals surface area contributed by atoms with Crippen LogP contribution in [0.2, 0.25) is 0 Å². The molecule has 106 valence electrons. The molecule has 0 bridgehead atoms. The average Bonchev–Trinajstić information content (AvgIpc) is 2.38. The summed E-state index contributed by atoms with van der Waals surface area (Å²) in [4.78, 5) is 0.517. The molecule has 2 aromatic carbocycles. The summed E-state index contributed by atoms with van der Waals surface area (Å²) >= 11 is 0. The first-order valence-corrected chi connectivity index (χ1v) is 10.5. The third-order valence-electron chi connectivity index (χ3n) is 2.83. The number of hydrogen-bond donors (Lipinski definition) is 0. The zero-order valence-corrected chi connectivity index (χ0v) is 13.2. The predicted octanol–water partition coefficient (Wildman–Crippen LogP) is 3.64. The molecule has 2 rings (SSSR count). The molecule has 0 fully saturated rings. The van der Waals surface area contributed by atoms with E-state index in [-0.39, 0.29) is 9.79 Å². The first-order chi connectivity index (χ1) is 9.29. The third-order valence-corrected chi connectivity index (χ3v) is 5.72. The molecule has 0 N–H and O–H groups in total. The Morgan fingerprint density at radius 1 is 0.900 bits per heavy atom. The van der Waals surface area contributed by atoms with Gasteiger partial charge in [0, 0.05) is 6.16 Å². The van der Waals surface area contributed by atoms with Crippen LogP contribution in [0, 0.1) is 0 Å². The Bertz CT molecular complexity index is 746. The van der Waals surface area contributed by atoms with Crippen molar-refractivity contribution in [2.24, 2.45) is 0 Å². The Morgan fingerprint density at radius 2 is 1.50 bits per heavy atom. The van der Waals surface area contributed by atoms with Crippen LogP contribution in [0.5, 0.6) is 0 Å². The van der Waals surface area contributed by atoms with Crippen LogP contribution in [0.4, 0.5) is 0 Å². The lowest BCUT2D eigenvalue weighted by Gasteiger charge is -2.09. The summed E-state index contributed by atoms with van der Waals surface area (Å²) in [6, 6.07) is 15.0. The van der Waals surface area contributed by atoms with Crippen LogP contribution < -0.4 is 0 Å². The van der Waals surface area contributed by atoms with Crippen molar-refractivity contribution in [3.05, 3.63) is 60.2 Å². The van der Waals surface area contributed by atoms with Gasteiger partial charge in [-0.3, -0.25) is 0 Å². The molecule has 0 aliphatic carbocycles. The highest BCUT2D eigenvalue weighted by molar-refractivity contribution is 7.91. The topological polar surface area (TPSA) is 51.2 Å². The van der Waals surface area contributed by atoms with Gasteiger partial charge in [-0.1, -0.05) is 30.3 Å². The van der Waals surface area contributed by atoms with E-state index in [0.29, 0.717) is 6.16 Å². The normalized spacial score (nSPS) is 12.3. The van der Waals surface area contributed by atoms with Gasteiger partial charge in [-0.15, -0.1) is 0 Å². The van der Waals surface area contributed by atoms with E-state index in [1.165, 1.54) is 0 Å². The Labute approximate surface area is 119 Å². The minimum atomic E-state index is -3.51. The SMILES string of the molecule is CP(C)(=O)Cc1cccc(S(=O)(=O)c2ccccc2)c1. The molecule has 0 aliphatic rings. The Kier molecular flexibility index (Phi) is 4.17. The molecule has 0 aromatic heterocycles. The highest BCUT2D eigenvalue weighted by atomic mass is 32.2. The van der Waals surface area contributed by atoms with E-state index in [9.17, 15) is 13.0 Å². The van der Waals surface area contributed by atoms with Crippen molar-refractivity contribution in [3.63, 3.8) is 0 Å². The fourth-order valence-corrected chi connectivity index (χ4v) is 4.41. The number of benzene rings is 2. The van der Waals surface area contributed by atoms with Crippen LogP contribution >= 0.6 is 7.14 Å². The van der Waals surface area contributed by atoms with Crippen LogP contribution in [0.25, 0.3) is 0 Å². The molecule has 2 aromatic rings. The smallest absolute Gasteiger partial charge is 0.206 e. The Morgan fingerprint density at radius 3 is 2.10 bits per heavy atom. The van der Waals surface area contributed by atoms with Crippen LogP contribution in [0.15, 0.2) is 64.4 Å². The largest absolute Gasteiger partial charge is 0.324 e. The Balaban J connectivity index is 2.44.